The highest BCUT2D eigenvalue weighted by Gasteiger charge is 2.30. The number of rotatable bonds is 7. The molecule has 0 radical (unpaired) electrons. The van der Waals surface area contributed by atoms with Gasteiger partial charge in [0, 0.05) is 35.4 Å². The minimum absolute atomic E-state index is 0.0373. The lowest BCUT2D eigenvalue weighted by molar-refractivity contribution is -0.123. The Balaban J connectivity index is 1.73. The van der Waals surface area contributed by atoms with Crippen LogP contribution in [0, 0.1) is 0 Å². The van der Waals surface area contributed by atoms with Gasteiger partial charge in [-0.15, -0.1) is 0 Å². The summed E-state index contributed by atoms with van der Waals surface area (Å²) in [4.78, 5) is 20.0. The SMILES string of the molecule is CC(C)(CNC(=O)C(Cc1ccccn1)c1ccc(Cl)cc1)N1CCCC1. The smallest absolute Gasteiger partial charge is 0.228 e. The van der Waals surface area contributed by atoms with Crippen LogP contribution in [-0.2, 0) is 11.2 Å². The lowest BCUT2D eigenvalue weighted by Crippen LogP contribution is -2.51. The standard InChI is InChI=1S/C22H28ClN3O/c1-22(2,26-13-5-6-14-26)16-25-21(27)20(15-19-7-3-4-12-24-19)17-8-10-18(23)11-9-17/h3-4,7-12,20H,5-6,13-16H2,1-2H3,(H,25,27). The van der Waals surface area contributed by atoms with E-state index in [4.69, 9.17) is 11.6 Å². The maximum atomic E-state index is 13.1. The van der Waals surface area contributed by atoms with Gasteiger partial charge in [-0.2, -0.15) is 0 Å². The second kappa shape index (κ2) is 8.85. The van der Waals surface area contributed by atoms with Gasteiger partial charge in [0.25, 0.3) is 0 Å². The van der Waals surface area contributed by atoms with Gasteiger partial charge in [0.15, 0.2) is 0 Å². The van der Waals surface area contributed by atoms with Crippen molar-refractivity contribution in [2.75, 3.05) is 19.6 Å². The molecule has 27 heavy (non-hydrogen) atoms. The van der Waals surface area contributed by atoms with Crippen LogP contribution in [0.3, 0.4) is 0 Å². The monoisotopic (exact) mass is 385 g/mol. The van der Waals surface area contributed by atoms with Gasteiger partial charge in [-0.1, -0.05) is 29.8 Å². The first-order valence-corrected chi connectivity index (χ1v) is 10.0. The third-order valence-corrected chi connectivity index (χ3v) is 5.64. The number of carbonyl (C=O) groups is 1. The molecule has 2 heterocycles. The second-order valence-corrected chi connectivity index (χ2v) is 8.29. The normalized spacial score (nSPS) is 16.3. The average molecular weight is 386 g/mol. The van der Waals surface area contributed by atoms with E-state index in [0.717, 1.165) is 24.3 Å². The molecule has 1 fully saturated rings. The van der Waals surface area contributed by atoms with Gasteiger partial charge >= 0.3 is 0 Å². The van der Waals surface area contributed by atoms with Crippen molar-refractivity contribution >= 4 is 17.5 Å². The summed E-state index contributed by atoms with van der Waals surface area (Å²) in [5.41, 5.74) is 1.83. The molecule has 1 atom stereocenters. The van der Waals surface area contributed by atoms with Crippen LogP contribution in [0.2, 0.25) is 5.02 Å². The molecule has 1 aliphatic rings. The number of nitrogens with zero attached hydrogens (tertiary/aromatic N) is 2. The lowest BCUT2D eigenvalue weighted by atomic mass is 9.92. The van der Waals surface area contributed by atoms with E-state index in [1.807, 2.05) is 42.5 Å². The van der Waals surface area contributed by atoms with Crippen LogP contribution >= 0.6 is 11.6 Å². The first-order chi connectivity index (χ1) is 13.0. The first-order valence-electron chi connectivity index (χ1n) is 9.64. The minimum atomic E-state index is -0.286. The Hall–Kier alpha value is -1.91. The molecule has 4 nitrogen and oxygen atoms in total. The molecule has 1 aliphatic heterocycles. The van der Waals surface area contributed by atoms with Gasteiger partial charge in [0.1, 0.15) is 0 Å². The lowest BCUT2D eigenvalue weighted by Gasteiger charge is -2.36. The number of likely N-dealkylation sites (tertiary alicyclic amines) is 1. The predicted molar refractivity (Wildman–Crippen MR) is 110 cm³/mol. The van der Waals surface area contributed by atoms with Gasteiger partial charge in [-0.3, -0.25) is 14.7 Å². The number of hydrogen-bond acceptors (Lipinski definition) is 3. The molecule has 1 amide bonds. The maximum Gasteiger partial charge on any atom is 0.228 e. The molecule has 1 unspecified atom stereocenters. The molecule has 0 bridgehead atoms. The van der Waals surface area contributed by atoms with Crippen molar-refractivity contribution in [3.8, 4) is 0 Å². The number of nitrogens with one attached hydrogen (secondary N) is 1. The number of benzene rings is 1. The van der Waals surface area contributed by atoms with Crippen LogP contribution in [0.4, 0.5) is 0 Å². The molecule has 1 aromatic carbocycles. The average Bonchev–Trinajstić information content (AvgIpc) is 3.22. The molecular formula is C22H28ClN3O. The van der Waals surface area contributed by atoms with Gasteiger partial charge in [0.2, 0.25) is 5.91 Å². The zero-order valence-electron chi connectivity index (χ0n) is 16.1. The third-order valence-electron chi connectivity index (χ3n) is 5.39. The van der Waals surface area contributed by atoms with Gasteiger partial charge in [-0.25, -0.2) is 0 Å². The van der Waals surface area contributed by atoms with E-state index in [1.54, 1.807) is 6.20 Å². The van der Waals surface area contributed by atoms with Crippen molar-refractivity contribution in [2.24, 2.45) is 0 Å². The quantitative estimate of drug-likeness (QED) is 0.781. The fourth-order valence-corrected chi connectivity index (χ4v) is 3.77. The minimum Gasteiger partial charge on any atom is -0.354 e. The molecule has 1 aromatic heterocycles. The molecule has 2 aromatic rings. The number of carbonyl (C=O) groups excluding carboxylic acids is 1. The summed E-state index contributed by atoms with van der Waals surface area (Å²) in [6.45, 7) is 7.26. The number of amides is 1. The molecule has 0 spiro atoms. The summed E-state index contributed by atoms with van der Waals surface area (Å²) in [5, 5.41) is 3.86. The van der Waals surface area contributed by atoms with Gasteiger partial charge in [-0.05, 0) is 69.6 Å². The Bertz CT molecular complexity index is 740. The fourth-order valence-electron chi connectivity index (χ4n) is 3.65. The summed E-state index contributed by atoms with van der Waals surface area (Å²) >= 11 is 6.03. The van der Waals surface area contributed by atoms with Crippen molar-refractivity contribution in [3.05, 3.63) is 64.9 Å². The number of hydrogen-bond donors (Lipinski definition) is 1. The van der Waals surface area contributed by atoms with Crippen molar-refractivity contribution in [2.45, 2.75) is 44.6 Å². The van der Waals surface area contributed by atoms with Crippen LogP contribution < -0.4 is 5.32 Å². The van der Waals surface area contributed by atoms with Crippen molar-refractivity contribution in [1.29, 1.82) is 0 Å². The molecule has 0 aliphatic carbocycles. The zero-order valence-corrected chi connectivity index (χ0v) is 16.9. The van der Waals surface area contributed by atoms with Crippen molar-refractivity contribution < 1.29 is 4.79 Å². The van der Waals surface area contributed by atoms with Gasteiger partial charge < -0.3 is 5.32 Å². The van der Waals surface area contributed by atoms with Crippen molar-refractivity contribution in [1.82, 2.24) is 15.2 Å². The van der Waals surface area contributed by atoms with E-state index >= 15 is 0 Å². The molecule has 3 rings (SSSR count). The summed E-state index contributed by atoms with van der Waals surface area (Å²) in [6.07, 6.45) is 4.82. The highest BCUT2D eigenvalue weighted by Crippen LogP contribution is 2.24. The highest BCUT2D eigenvalue weighted by molar-refractivity contribution is 6.30. The molecule has 1 saturated heterocycles. The Morgan fingerprint density at radius 1 is 1.19 bits per heavy atom. The summed E-state index contributed by atoms with van der Waals surface area (Å²) in [5.74, 6) is -0.248. The number of halogens is 1. The third kappa shape index (κ3) is 5.30. The highest BCUT2D eigenvalue weighted by atomic mass is 35.5. The fraction of sp³-hybridized carbons (Fsp3) is 0.455. The predicted octanol–water partition coefficient (Wildman–Crippen LogP) is 4.05. The van der Waals surface area contributed by atoms with Crippen molar-refractivity contribution in [3.63, 3.8) is 0 Å². The van der Waals surface area contributed by atoms with E-state index in [-0.39, 0.29) is 17.4 Å². The van der Waals surface area contributed by atoms with Gasteiger partial charge in [0.05, 0.1) is 5.92 Å². The molecule has 144 valence electrons. The van der Waals surface area contributed by atoms with E-state index < -0.39 is 0 Å². The van der Waals surface area contributed by atoms with E-state index in [0.29, 0.717) is 18.0 Å². The number of pyridine rings is 1. The Morgan fingerprint density at radius 2 is 1.89 bits per heavy atom. The first kappa shape index (κ1) is 19.8. The topological polar surface area (TPSA) is 45.2 Å². The van der Waals surface area contributed by atoms with E-state index in [9.17, 15) is 4.79 Å². The van der Waals surface area contributed by atoms with E-state index in [1.165, 1.54) is 12.8 Å². The summed E-state index contributed by atoms with van der Waals surface area (Å²) < 4.78 is 0. The van der Waals surface area contributed by atoms with Crippen LogP contribution in [0.25, 0.3) is 0 Å². The molecule has 5 heteroatoms. The second-order valence-electron chi connectivity index (χ2n) is 7.85. The van der Waals surface area contributed by atoms with Crippen LogP contribution in [0.5, 0.6) is 0 Å². The zero-order chi connectivity index (χ0) is 19.3. The Labute approximate surface area is 166 Å². The molecular weight excluding hydrogens is 358 g/mol. The largest absolute Gasteiger partial charge is 0.354 e. The summed E-state index contributed by atoms with van der Waals surface area (Å²) in [7, 11) is 0. The number of aromatic nitrogens is 1. The Morgan fingerprint density at radius 3 is 2.52 bits per heavy atom. The van der Waals surface area contributed by atoms with Crippen LogP contribution in [-0.4, -0.2) is 41.0 Å². The van der Waals surface area contributed by atoms with E-state index in [2.05, 4.69) is 29.0 Å². The maximum absolute atomic E-state index is 13.1. The van der Waals surface area contributed by atoms with Crippen LogP contribution in [0.1, 0.15) is 43.9 Å². The Kier molecular flexibility index (Phi) is 6.51. The van der Waals surface area contributed by atoms with Crippen LogP contribution in [0.15, 0.2) is 48.7 Å². The molecule has 0 saturated carbocycles. The summed E-state index contributed by atoms with van der Waals surface area (Å²) in [6, 6.07) is 13.3. The molecule has 1 N–H and O–H groups in total.